The van der Waals surface area contributed by atoms with Crippen LogP contribution < -0.4 is 10.2 Å². The maximum Gasteiger partial charge on any atom is 0.0642 e. The lowest BCUT2D eigenvalue weighted by atomic mass is 9.86. The maximum atomic E-state index is 9.46. The SMILES string of the molecule is CC(NCC1(CO)COC1)c1ccc(N2CCOCC2)cc1. The molecule has 0 spiro atoms. The van der Waals surface area contributed by atoms with Crippen molar-refractivity contribution >= 4 is 5.69 Å². The Bertz CT molecular complexity index is 462. The molecular formula is C17H26N2O3. The van der Waals surface area contributed by atoms with Gasteiger partial charge in [-0.15, -0.1) is 0 Å². The molecule has 1 atom stereocenters. The minimum Gasteiger partial charge on any atom is -0.396 e. The van der Waals surface area contributed by atoms with Crippen molar-refractivity contribution in [3.05, 3.63) is 29.8 Å². The largest absolute Gasteiger partial charge is 0.396 e. The molecule has 2 N–H and O–H groups in total. The number of ether oxygens (including phenoxy) is 2. The Morgan fingerprint density at radius 2 is 1.86 bits per heavy atom. The smallest absolute Gasteiger partial charge is 0.0642 e. The number of aliphatic hydroxyl groups is 1. The number of morpholine rings is 1. The summed E-state index contributed by atoms with van der Waals surface area (Å²) in [5.74, 6) is 0. The van der Waals surface area contributed by atoms with Gasteiger partial charge in [0, 0.05) is 31.4 Å². The van der Waals surface area contributed by atoms with Crippen LogP contribution >= 0.6 is 0 Å². The van der Waals surface area contributed by atoms with E-state index in [1.54, 1.807) is 0 Å². The summed E-state index contributed by atoms with van der Waals surface area (Å²) in [6.45, 7) is 7.99. The zero-order valence-corrected chi connectivity index (χ0v) is 13.3. The van der Waals surface area contributed by atoms with E-state index in [0.29, 0.717) is 13.2 Å². The Labute approximate surface area is 132 Å². The zero-order valence-electron chi connectivity index (χ0n) is 13.3. The van der Waals surface area contributed by atoms with Gasteiger partial charge in [0.2, 0.25) is 0 Å². The van der Waals surface area contributed by atoms with Crippen LogP contribution in [0.3, 0.4) is 0 Å². The Balaban J connectivity index is 1.55. The number of nitrogens with one attached hydrogen (secondary N) is 1. The number of hydrogen-bond acceptors (Lipinski definition) is 5. The molecule has 2 fully saturated rings. The predicted octanol–water partition coefficient (Wildman–Crippen LogP) is 1.18. The van der Waals surface area contributed by atoms with Crippen LogP contribution in [0.15, 0.2) is 24.3 Å². The second-order valence-corrected chi connectivity index (χ2v) is 6.44. The van der Waals surface area contributed by atoms with Crippen molar-refractivity contribution in [1.82, 2.24) is 5.32 Å². The van der Waals surface area contributed by atoms with E-state index in [9.17, 15) is 5.11 Å². The second kappa shape index (κ2) is 6.96. The van der Waals surface area contributed by atoms with Gasteiger partial charge in [0.25, 0.3) is 0 Å². The molecule has 5 nitrogen and oxygen atoms in total. The van der Waals surface area contributed by atoms with Crippen molar-refractivity contribution in [3.63, 3.8) is 0 Å². The van der Waals surface area contributed by atoms with Crippen LogP contribution in [0.4, 0.5) is 5.69 Å². The zero-order chi connectivity index (χ0) is 15.4. The number of hydrogen-bond donors (Lipinski definition) is 2. The summed E-state index contributed by atoms with van der Waals surface area (Å²) >= 11 is 0. The molecule has 0 aliphatic carbocycles. The summed E-state index contributed by atoms with van der Waals surface area (Å²) in [6, 6.07) is 9.01. The highest BCUT2D eigenvalue weighted by Gasteiger charge is 2.37. The van der Waals surface area contributed by atoms with E-state index in [-0.39, 0.29) is 18.1 Å². The molecule has 122 valence electrons. The molecule has 2 heterocycles. The standard InChI is InChI=1S/C17H26N2O3/c1-14(18-10-17(11-20)12-22-13-17)15-2-4-16(5-3-15)19-6-8-21-9-7-19/h2-5,14,18,20H,6-13H2,1H3. The lowest BCUT2D eigenvalue weighted by Gasteiger charge is -2.40. The van der Waals surface area contributed by atoms with Crippen LogP contribution in [-0.2, 0) is 9.47 Å². The van der Waals surface area contributed by atoms with E-state index in [1.165, 1.54) is 11.3 Å². The van der Waals surface area contributed by atoms with Crippen LogP contribution in [0.5, 0.6) is 0 Å². The normalized spacial score (nSPS) is 22.2. The third kappa shape index (κ3) is 3.43. The van der Waals surface area contributed by atoms with Crippen LogP contribution in [0, 0.1) is 5.41 Å². The fourth-order valence-electron chi connectivity index (χ4n) is 2.92. The van der Waals surface area contributed by atoms with Crippen molar-refractivity contribution in [1.29, 1.82) is 0 Å². The molecule has 5 heteroatoms. The molecule has 3 rings (SSSR count). The average Bonchev–Trinajstić information content (AvgIpc) is 2.55. The van der Waals surface area contributed by atoms with Crippen LogP contribution in [0.25, 0.3) is 0 Å². The van der Waals surface area contributed by atoms with Gasteiger partial charge in [-0.2, -0.15) is 0 Å². The van der Waals surface area contributed by atoms with Gasteiger partial charge in [0.05, 0.1) is 38.4 Å². The van der Waals surface area contributed by atoms with Gasteiger partial charge in [0.15, 0.2) is 0 Å². The van der Waals surface area contributed by atoms with E-state index < -0.39 is 0 Å². The van der Waals surface area contributed by atoms with Crippen molar-refractivity contribution in [3.8, 4) is 0 Å². The highest BCUT2D eigenvalue weighted by Crippen LogP contribution is 2.27. The summed E-state index contributed by atoms with van der Waals surface area (Å²) in [4.78, 5) is 2.36. The van der Waals surface area contributed by atoms with E-state index >= 15 is 0 Å². The molecule has 2 saturated heterocycles. The molecule has 0 aromatic heterocycles. The third-order valence-electron chi connectivity index (χ3n) is 4.70. The van der Waals surface area contributed by atoms with Gasteiger partial charge < -0.3 is 24.8 Å². The first-order valence-corrected chi connectivity index (χ1v) is 8.07. The summed E-state index contributed by atoms with van der Waals surface area (Å²) in [5.41, 5.74) is 2.45. The molecule has 2 aliphatic heterocycles. The summed E-state index contributed by atoms with van der Waals surface area (Å²) < 4.78 is 10.6. The molecule has 0 saturated carbocycles. The first-order valence-electron chi connectivity index (χ1n) is 8.07. The Morgan fingerprint density at radius 1 is 1.18 bits per heavy atom. The fraction of sp³-hybridized carbons (Fsp3) is 0.647. The van der Waals surface area contributed by atoms with E-state index in [1.807, 2.05) is 0 Å². The van der Waals surface area contributed by atoms with Crippen LogP contribution in [0.1, 0.15) is 18.5 Å². The Kier molecular flexibility index (Phi) is 4.98. The Hall–Kier alpha value is -1.14. The van der Waals surface area contributed by atoms with Crippen LogP contribution in [-0.4, -0.2) is 57.8 Å². The van der Waals surface area contributed by atoms with E-state index in [2.05, 4.69) is 41.4 Å². The summed E-state index contributed by atoms with van der Waals surface area (Å²) in [7, 11) is 0. The minimum absolute atomic E-state index is 0.0813. The first-order chi connectivity index (χ1) is 10.7. The van der Waals surface area contributed by atoms with Gasteiger partial charge in [-0.25, -0.2) is 0 Å². The summed E-state index contributed by atoms with van der Waals surface area (Å²) in [5, 5.41) is 13.0. The molecule has 0 amide bonds. The number of anilines is 1. The maximum absolute atomic E-state index is 9.46. The highest BCUT2D eigenvalue weighted by atomic mass is 16.5. The molecule has 0 radical (unpaired) electrons. The van der Waals surface area contributed by atoms with E-state index in [4.69, 9.17) is 9.47 Å². The summed E-state index contributed by atoms with van der Waals surface area (Å²) in [6.07, 6.45) is 0. The topological polar surface area (TPSA) is 54.0 Å². The van der Waals surface area contributed by atoms with Crippen molar-refractivity contribution in [2.45, 2.75) is 13.0 Å². The van der Waals surface area contributed by atoms with Crippen molar-refractivity contribution < 1.29 is 14.6 Å². The van der Waals surface area contributed by atoms with Crippen molar-refractivity contribution in [2.75, 3.05) is 57.6 Å². The highest BCUT2D eigenvalue weighted by molar-refractivity contribution is 5.48. The molecule has 2 aliphatic rings. The van der Waals surface area contributed by atoms with Crippen molar-refractivity contribution in [2.24, 2.45) is 5.41 Å². The molecule has 1 aromatic rings. The van der Waals surface area contributed by atoms with Crippen LogP contribution in [0.2, 0.25) is 0 Å². The molecule has 22 heavy (non-hydrogen) atoms. The molecule has 0 bridgehead atoms. The molecular weight excluding hydrogens is 280 g/mol. The number of nitrogens with zero attached hydrogens (tertiary/aromatic N) is 1. The average molecular weight is 306 g/mol. The Morgan fingerprint density at radius 3 is 2.41 bits per heavy atom. The predicted molar refractivity (Wildman–Crippen MR) is 86.2 cm³/mol. The quantitative estimate of drug-likeness (QED) is 0.827. The number of benzene rings is 1. The monoisotopic (exact) mass is 306 g/mol. The minimum atomic E-state index is -0.0813. The lowest BCUT2D eigenvalue weighted by Crippen LogP contribution is -2.52. The van der Waals surface area contributed by atoms with Gasteiger partial charge in [0.1, 0.15) is 0 Å². The van der Waals surface area contributed by atoms with E-state index in [0.717, 1.165) is 32.8 Å². The number of aliphatic hydroxyl groups excluding tert-OH is 1. The molecule has 1 aromatic carbocycles. The fourth-order valence-corrected chi connectivity index (χ4v) is 2.92. The molecule has 1 unspecified atom stereocenters. The van der Waals surface area contributed by atoms with Gasteiger partial charge in [-0.05, 0) is 24.6 Å². The lowest BCUT2D eigenvalue weighted by molar-refractivity contribution is -0.135. The number of rotatable bonds is 6. The second-order valence-electron chi connectivity index (χ2n) is 6.44. The first kappa shape index (κ1) is 15.7. The van der Waals surface area contributed by atoms with Gasteiger partial charge in [-0.1, -0.05) is 12.1 Å². The third-order valence-corrected chi connectivity index (χ3v) is 4.70. The van der Waals surface area contributed by atoms with Gasteiger partial charge in [-0.3, -0.25) is 0 Å². The van der Waals surface area contributed by atoms with Gasteiger partial charge >= 0.3 is 0 Å².